The lowest BCUT2D eigenvalue weighted by molar-refractivity contribution is 0.0890. The first kappa shape index (κ1) is 13.2. The molecule has 0 bridgehead atoms. The second kappa shape index (κ2) is 5.05. The van der Waals surface area contributed by atoms with Crippen LogP contribution in [0.25, 0.3) is 0 Å². The zero-order valence-electron chi connectivity index (χ0n) is 12.2. The summed E-state index contributed by atoms with van der Waals surface area (Å²) in [5.41, 5.74) is 1.83. The Labute approximate surface area is 128 Å². The molecular weight excluding hydrogens is 276 g/mol. The van der Waals surface area contributed by atoms with Gasteiger partial charge >= 0.3 is 0 Å². The first-order valence-corrected chi connectivity index (χ1v) is 7.64. The number of hydrogen-bond acceptors (Lipinski definition) is 4. The number of anilines is 1. The van der Waals surface area contributed by atoms with Crippen molar-refractivity contribution < 1.29 is 9.59 Å². The van der Waals surface area contributed by atoms with Gasteiger partial charge in [-0.15, -0.1) is 0 Å². The van der Waals surface area contributed by atoms with E-state index < -0.39 is 5.92 Å². The summed E-state index contributed by atoms with van der Waals surface area (Å²) in [7, 11) is 0. The summed E-state index contributed by atoms with van der Waals surface area (Å²) in [6.45, 7) is 1.98. The largest absolute Gasteiger partial charge is 0.357 e. The van der Waals surface area contributed by atoms with E-state index in [0.29, 0.717) is 11.1 Å². The summed E-state index contributed by atoms with van der Waals surface area (Å²) in [6.07, 6.45) is 4.03. The summed E-state index contributed by atoms with van der Waals surface area (Å²) in [5, 5.41) is 0. The quantitative estimate of drug-likeness (QED) is 0.799. The van der Waals surface area contributed by atoms with Crippen molar-refractivity contribution in [2.45, 2.75) is 18.8 Å². The Morgan fingerprint density at radius 1 is 0.955 bits per heavy atom. The van der Waals surface area contributed by atoms with E-state index in [1.807, 2.05) is 6.07 Å². The second-order valence-corrected chi connectivity index (χ2v) is 5.85. The third-order valence-corrected chi connectivity index (χ3v) is 4.52. The van der Waals surface area contributed by atoms with Crippen molar-refractivity contribution in [1.29, 1.82) is 0 Å². The van der Waals surface area contributed by atoms with Crippen LogP contribution in [0.2, 0.25) is 0 Å². The predicted octanol–water partition coefficient (Wildman–Crippen LogP) is 2.84. The van der Waals surface area contributed by atoms with Crippen molar-refractivity contribution in [3.63, 3.8) is 0 Å². The number of hydrogen-bond donors (Lipinski definition) is 0. The van der Waals surface area contributed by atoms with Gasteiger partial charge in [0.2, 0.25) is 0 Å². The maximum Gasteiger partial charge on any atom is 0.178 e. The number of ketones is 2. The molecule has 0 spiro atoms. The molecule has 4 nitrogen and oxygen atoms in total. The van der Waals surface area contributed by atoms with Gasteiger partial charge in [-0.25, -0.2) is 4.98 Å². The summed E-state index contributed by atoms with van der Waals surface area (Å²) < 4.78 is 0. The maximum absolute atomic E-state index is 12.6. The smallest absolute Gasteiger partial charge is 0.178 e. The lowest BCUT2D eigenvalue weighted by Gasteiger charge is -2.17. The van der Waals surface area contributed by atoms with E-state index in [2.05, 4.69) is 9.88 Å². The van der Waals surface area contributed by atoms with Crippen molar-refractivity contribution >= 4 is 17.4 Å². The fraction of sp³-hybridized carbons (Fsp3) is 0.278. The highest BCUT2D eigenvalue weighted by atomic mass is 16.2. The van der Waals surface area contributed by atoms with Crippen molar-refractivity contribution in [1.82, 2.24) is 4.98 Å². The van der Waals surface area contributed by atoms with Gasteiger partial charge < -0.3 is 4.90 Å². The molecule has 1 aliphatic heterocycles. The van der Waals surface area contributed by atoms with Crippen LogP contribution in [-0.2, 0) is 0 Å². The van der Waals surface area contributed by atoms with E-state index in [9.17, 15) is 9.59 Å². The molecule has 0 atom stereocenters. The molecule has 0 saturated carbocycles. The highest BCUT2D eigenvalue weighted by Gasteiger charge is 2.39. The first-order valence-electron chi connectivity index (χ1n) is 7.64. The van der Waals surface area contributed by atoms with E-state index in [4.69, 9.17) is 0 Å². The Kier molecular flexibility index (Phi) is 3.03. The van der Waals surface area contributed by atoms with Gasteiger partial charge in [0.1, 0.15) is 11.7 Å². The first-order chi connectivity index (χ1) is 10.8. The fourth-order valence-corrected chi connectivity index (χ4v) is 3.38. The minimum absolute atomic E-state index is 0.0980. The summed E-state index contributed by atoms with van der Waals surface area (Å²) >= 11 is 0. The molecule has 1 aromatic carbocycles. The molecule has 1 fully saturated rings. The lowest BCUT2D eigenvalue weighted by atomic mass is 9.95. The molecule has 0 amide bonds. The minimum Gasteiger partial charge on any atom is -0.357 e. The number of carbonyl (C=O) groups excluding carboxylic acids is 2. The van der Waals surface area contributed by atoms with Gasteiger partial charge in [0.15, 0.2) is 11.6 Å². The number of rotatable bonds is 2. The van der Waals surface area contributed by atoms with Crippen LogP contribution in [0.5, 0.6) is 0 Å². The molecule has 4 heteroatoms. The normalized spacial score (nSPS) is 18.1. The van der Waals surface area contributed by atoms with Gasteiger partial charge in [0.05, 0.1) is 0 Å². The fourth-order valence-electron chi connectivity index (χ4n) is 3.38. The Bertz CT molecular complexity index is 728. The molecule has 1 aliphatic carbocycles. The average Bonchev–Trinajstić information content (AvgIpc) is 3.17. The Balaban J connectivity index is 1.73. The van der Waals surface area contributed by atoms with E-state index in [0.717, 1.165) is 24.5 Å². The zero-order chi connectivity index (χ0) is 15.1. The molecule has 2 heterocycles. The number of Topliss-reactive ketones (excluding diaryl/α,β-unsaturated/α-hetero) is 2. The summed E-state index contributed by atoms with van der Waals surface area (Å²) in [4.78, 5) is 31.8. The number of nitrogens with zero attached hydrogens (tertiary/aromatic N) is 2. The molecular formula is C18H16N2O2. The second-order valence-electron chi connectivity index (χ2n) is 5.85. The molecule has 4 rings (SSSR count). The average molecular weight is 292 g/mol. The van der Waals surface area contributed by atoms with Gasteiger partial charge in [-0.2, -0.15) is 0 Å². The molecule has 1 saturated heterocycles. The van der Waals surface area contributed by atoms with Crippen molar-refractivity contribution in [2.75, 3.05) is 18.0 Å². The third kappa shape index (κ3) is 1.95. The monoisotopic (exact) mass is 292 g/mol. The highest BCUT2D eigenvalue weighted by molar-refractivity contribution is 6.29. The molecule has 1 aromatic heterocycles. The summed E-state index contributed by atoms with van der Waals surface area (Å²) in [5.74, 6) is -0.0355. The van der Waals surface area contributed by atoms with Crippen molar-refractivity contribution in [3.05, 3.63) is 59.3 Å². The molecule has 0 radical (unpaired) electrons. The van der Waals surface area contributed by atoms with E-state index in [1.54, 1.807) is 36.5 Å². The third-order valence-electron chi connectivity index (χ3n) is 4.52. The van der Waals surface area contributed by atoms with Crippen LogP contribution in [0.1, 0.15) is 45.0 Å². The Morgan fingerprint density at radius 3 is 2.23 bits per heavy atom. The highest BCUT2D eigenvalue weighted by Crippen LogP contribution is 2.34. The van der Waals surface area contributed by atoms with Gasteiger partial charge in [-0.1, -0.05) is 24.3 Å². The van der Waals surface area contributed by atoms with Gasteiger partial charge in [-0.3, -0.25) is 9.59 Å². The number of carbonyl (C=O) groups is 2. The minimum atomic E-state index is -0.707. The van der Waals surface area contributed by atoms with Crippen molar-refractivity contribution in [2.24, 2.45) is 0 Å². The summed E-state index contributed by atoms with van der Waals surface area (Å²) in [6, 6.07) is 10.8. The number of fused-ring (bicyclic) bond motifs is 1. The van der Waals surface area contributed by atoms with Crippen LogP contribution in [0.4, 0.5) is 5.82 Å². The van der Waals surface area contributed by atoms with Crippen LogP contribution >= 0.6 is 0 Å². The SMILES string of the molecule is O=C1c2ccccc2C(=O)C1c1ccnc(N2CCCC2)c1. The van der Waals surface area contributed by atoms with E-state index >= 15 is 0 Å². The van der Waals surface area contributed by atoms with Crippen LogP contribution in [0, 0.1) is 0 Å². The Hall–Kier alpha value is -2.49. The zero-order valence-corrected chi connectivity index (χ0v) is 12.2. The van der Waals surface area contributed by atoms with Gasteiger partial charge in [-0.05, 0) is 30.5 Å². The van der Waals surface area contributed by atoms with Gasteiger partial charge in [0.25, 0.3) is 0 Å². The standard InChI is InChI=1S/C18H16N2O2/c21-17-13-5-1-2-6-14(13)18(22)16(17)12-7-8-19-15(11-12)20-9-3-4-10-20/h1-2,5-8,11,16H,3-4,9-10H2. The Morgan fingerprint density at radius 2 is 1.59 bits per heavy atom. The maximum atomic E-state index is 12.6. The number of benzene rings is 1. The lowest BCUT2D eigenvalue weighted by Crippen LogP contribution is -2.20. The van der Waals surface area contributed by atoms with Crippen LogP contribution in [-0.4, -0.2) is 29.6 Å². The van der Waals surface area contributed by atoms with Crippen LogP contribution < -0.4 is 4.90 Å². The molecule has 110 valence electrons. The molecule has 0 N–H and O–H groups in total. The number of aromatic nitrogens is 1. The predicted molar refractivity (Wildman–Crippen MR) is 83.5 cm³/mol. The van der Waals surface area contributed by atoms with Crippen LogP contribution in [0.3, 0.4) is 0 Å². The van der Waals surface area contributed by atoms with E-state index in [-0.39, 0.29) is 11.6 Å². The number of pyridine rings is 1. The topological polar surface area (TPSA) is 50.3 Å². The molecule has 0 unspecified atom stereocenters. The van der Waals surface area contributed by atoms with E-state index in [1.165, 1.54) is 12.8 Å². The molecule has 2 aliphatic rings. The molecule has 2 aromatic rings. The molecule has 22 heavy (non-hydrogen) atoms. The van der Waals surface area contributed by atoms with Crippen molar-refractivity contribution in [3.8, 4) is 0 Å². The van der Waals surface area contributed by atoms with Gasteiger partial charge in [0, 0.05) is 30.4 Å². The van der Waals surface area contributed by atoms with Crippen LogP contribution in [0.15, 0.2) is 42.6 Å².